The zero-order chi connectivity index (χ0) is 16.2. The maximum Gasteiger partial charge on any atom is 0.273 e. The van der Waals surface area contributed by atoms with Gasteiger partial charge in [0.15, 0.2) is 0 Å². The standard InChI is InChI=1S/C13H19ClN2O4S/c1-9(2)6-11(14)7-10-4-5-12(21(19,20)15-3)8-13(10)16(17)18/h4-5,8-9,11,15H,6-7H2,1-3H3. The third kappa shape index (κ3) is 4.94. The third-order valence-electron chi connectivity index (χ3n) is 3.00. The van der Waals surface area contributed by atoms with Crippen LogP contribution in [-0.4, -0.2) is 25.8 Å². The average molecular weight is 335 g/mol. The first-order valence-corrected chi connectivity index (χ1v) is 8.44. The molecule has 1 aromatic carbocycles. The molecule has 6 nitrogen and oxygen atoms in total. The van der Waals surface area contributed by atoms with Gasteiger partial charge in [-0.15, -0.1) is 11.6 Å². The number of benzene rings is 1. The molecule has 0 saturated heterocycles. The van der Waals surface area contributed by atoms with Crippen molar-refractivity contribution in [1.29, 1.82) is 0 Å². The predicted molar refractivity (Wildman–Crippen MR) is 82.1 cm³/mol. The summed E-state index contributed by atoms with van der Waals surface area (Å²) in [6.45, 7) is 4.04. The summed E-state index contributed by atoms with van der Waals surface area (Å²) < 4.78 is 25.5. The number of nitrogens with one attached hydrogen (secondary N) is 1. The summed E-state index contributed by atoms with van der Waals surface area (Å²) in [5.41, 5.74) is 0.219. The SMILES string of the molecule is CNS(=O)(=O)c1ccc(CC(Cl)CC(C)C)c([N+](=O)[O-])c1. The van der Waals surface area contributed by atoms with Crippen LogP contribution in [0.3, 0.4) is 0 Å². The summed E-state index contributed by atoms with van der Waals surface area (Å²) in [5, 5.41) is 10.9. The normalized spacial score (nSPS) is 13.4. The van der Waals surface area contributed by atoms with Crippen LogP contribution in [-0.2, 0) is 16.4 Å². The van der Waals surface area contributed by atoms with E-state index in [9.17, 15) is 18.5 Å². The highest BCUT2D eigenvalue weighted by Crippen LogP contribution is 2.26. The summed E-state index contributed by atoms with van der Waals surface area (Å²) in [7, 11) is -2.45. The second-order valence-corrected chi connectivity index (χ2v) is 7.69. The molecule has 0 heterocycles. The number of nitro benzene ring substituents is 1. The van der Waals surface area contributed by atoms with Gasteiger partial charge in [0, 0.05) is 17.0 Å². The van der Waals surface area contributed by atoms with Crippen molar-refractivity contribution in [2.75, 3.05) is 7.05 Å². The van der Waals surface area contributed by atoms with Crippen LogP contribution in [0.5, 0.6) is 0 Å². The monoisotopic (exact) mass is 334 g/mol. The third-order valence-corrected chi connectivity index (χ3v) is 4.75. The number of nitro groups is 1. The van der Waals surface area contributed by atoms with E-state index in [0.29, 0.717) is 17.9 Å². The average Bonchev–Trinajstić information content (AvgIpc) is 2.37. The molecule has 1 aromatic rings. The molecule has 8 heteroatoms. The molecule has 0 radical (unpaired) electrons. The van der Waals surface area contributed by atoms with Crippen molar-refractivity contribution in [3.05, 3.63) is 33.9 Å². The van der Waals surface area contributed by atoms with Crippen molar-refractivity contribution in [2.45, 2.75) is 37.0 Å². The fourth-order valence-electron chi connectivity index (χ4n) is 2.00. The fourth-order valence-corrected chi connectivity index (χ4v) is 3.28. The Kier molecular flexibility index (Phi) is 6.12. The van der Waals surface area contributed by atoms with Crippen molar-refractivity contribution in [2.24, 2.45) is 5.92 Å². The number of sulfonamides is 1. The van der Waals surface area contributed by atoms with E-state index in [-0.39, 0.29) is 16.0 Å². The van der Waals surface area contributed by atoms with Crippen molar-refractivity contribution in [3.63, 3.8) is 0 Å². The fraction of sp³-hybridized carbons (Fsp3) is 0.538. The quantitative estimate of drug-likeness (QED) is 0.471. The number of rotatable bonds is 7. The van der Waals surface area contributed by atoms with Gasteiger partial charge in [-0.05, 0) is 31.9 Å². The van der Waals surface area contributed by atoms with Gasteiger partial charge in [0.25, 0.3) is 5.69 Å². The maximum atomic E-state index is 11.7. The molecule has 0 spiro atoms. The van der Waals surface area contributed by atoms with E-state index in [0.717, 1.165) is 12.5 Å². The van der Waals surface area contributed by atoms with Gasteiger partial charge in [0.2, 0.25) is 10.0 Å². The lowest BCUT2D eigenvalue weighted by Crippen LogP contribution is -2.19. The Labute approximate surface area is 129 Å². The van der Waals surface area contributed by atoms with Gasteiger partial charge in [0.05, 0.1) is 9.82 Å². The molecule has 1 atom stereocenters. The van der Waals surface area contributed by atoms with E-state index in [1.165, 1.54) is 19.2 Å². The van der Waals surface area contributed by atoms with Crippen molar-refractivity contribution in [1.82, 2.24) is 4.72 Å². The molecular formula is C13H19ClN2O4S. The van der Waals surface area contributed by atoms with E-state index < -0.39 is 14.9 Å². The first-order valence-electron chi connectivity index (χ1n) is 6.52. The molecule has 0 fully saturated rings. The minimum atomic E-state index is -3.71. The second-order valence-electron chi connectivity index (χ2n) is 5.19. The summed E-state index contributed by atoms with van der Waals surface area (Å²) >= 11 is 6.19. The highest BCUT2D eigenvalue weighted by molar-refractivity contribution is 7.89. The molecule has 0 saturated carbocycles. The molecule has 118 valence electrons. The van der Waals surface area contributed by atoms with Gasteiger partial charge < -0.3 is 0 Å². The Balaban J connectivity index is 3.14. The van der Waals surface area contributed by atoms with E-state index in [1.54, 1.807) is 0 Å². The maximum absolute atomic E-state index is 11.7. The molecule has 21 heavy (non-hydrogen) atoms. The van der Waals surface area contributed by atoms with Crippen LogP contribution >= 0.6 is 11.6 Å². The first kappa shape index (κ1) is 17.9. The molecule has 0 aromatic heterocycles. The molecule has 1 N–H and O–H groups in total. The number of nitrogens with zero attached hydrogens (tertiary/aromatic N) is 1. The van der Waals surface area contributed by atoms with Gasteiger partial charge in [-0.25, -0.2) is 13.1 Å². The number of halogens is 1. The number of hydrogen-bond acceptors (Lipinski definition) is 4. The molecule has 0 amide bonds. The second kappa shape index (κ2) is 7.20. The van der Waals surface area contributed by atoms with Crippen LogP contribution in [0.1, 0.15) is 25.8 Å². The summed E-state index contributed by atoms with van der Waals surface area (Å²) in [6.07, 6.45) is 1.06. The van der Waals surface area contributed by atoms with Gasteiger partial charge in [-0.1, -0.05) is 19.9 Å². The van der Waals surface area contributed by atoms with Crippen LogP contribution in [0.25, 0.3) is 0 Å². The number of alkyl halides is 1. The van der Waals surface area contributed by atoms with E-state index in [4.69, 9.17) is 11.6 Å². The number of hydrogen-bond donors (Lipinski definition) is 1. The first-order chi connectivity index (χ1) is 9.67. The van der Waals surface area contributed by atoms with Crippen LogP contribution in [0, 0.1) is 16.0 Å². The van der Waals surface area contributed by atoms with Gasteiger partial charge in [0.1, 0.15) is 0 Å². The lowest BCUT2D eigenvalue weighted by Gasteiger charge is -2.12. The summed E-state index contributed by atoms with van der Waals surface area (Å²) in [6, 6.07) is 3.88. The molecule has 0 bridgehead atoms. The molecule has 0 aliphatic heterocycles. The Bertz CT molecular complexity index is 617. The molecule has 0 aliphatic carbocycles. The van der Waals surface area contributed by atoms with Crippen molar-refractivity contribution < 1.29 is 13.3 Å². The van der Waals surface area contributed by atoms with Crippen LogP contribution in [0.4, 0.5) is 5.69 Å². The highest BCUT2D eigenvalue weighted by atomic mass is 35.5. The smallest absolute Gasteiger partial charge is 0.258 e. The minimum Gasteiger partial charge on any atom is -0.258 e. The topological polar surface area (TPSA) is 89.3 Å². The van der Waals surface area contributed by atoms with Crippen LogP contribution in [0.15, 0.2) is 23.1 Å². The molecule has 0 aliphatic rings. The summed E-state index contributed by atoms with van der Waals surface area (Å²) in [4.78, 5) is 10.4. The molecule has 1 unspecified atom stereocenters. The van der Waals surface area contributed by atoms with Crippen LogP contribution in [0.2, 0.25) is 0 Å². The van der Waals surface area contributed by atoms with Gasteiger partial charge in [-0.3, -0.25) is 10.1 Å². The largest absolute Gasteiger partial charge is 0.273 e. The lowest BCUT2D eigenvalue weighted by molar-refractivity contribution is -0.385. The zero-order valence-corrected chi connectivity index (χ0v) is 13.7. The molecule has 1 rings (SSSR count). The van der Waals surface area contributed by atoms with Crippen molar-refractivity contribution >= 4 is 27.3 Å². The minimum absolute atomic E-state index is 0.129. The van der Waals surface area contributed by atoms with E-state index in [1.807, 2.05) is 13.8 Å². The predicted octanol–water partition coefficient (Wildman–Crippen LogP) is 2.70. The van der Waals surface area contributed by atoms with Gasteiger partial charge >= 0.3 is 0 Å². The Morgan fingerprint density at radius 3 is 2.48 bits per heavy atom. The van der Waals surface area contributed by atoms with E-state index >= 15 is 0 Å². The Hall–Kier alpha value is -1.18. The Morgan fingerprint density at radius 2 is 2.00 bits per heavy atom. The zero-order valence-electron chi connectivity index (χ0n) is 12.2. The van der Waals surface area contributed by atoms with E-state index in [2.05, 4.69) is 4.72 Å². The lowest BCUT2D eigenvalue weighted by atomic mass is 10.0. The van der Waals surface area contributed by atoms with Crippen molar-refractivity contribution in [3.8, 4) is 0 Å². The molecular weight excluding hydrogens is 316 g/mol. The Morgan fingerprint density at radius 1 is 1.38 bits per heavy atom. The summed E-state index contributed by atoms with van der Waals surface area (Å²) in [5.74, 6) is 0.385. The van der Waals surface area contributed by atoms with Crippen LogP contribution < -0.4 is 4.72 Å². The highest BCUT2D eigenvalue weighted by Gasteiger charge is 2.22. The van der Waals surface area contributed by atoms with Gasteiger partial charge in [-0.2, -0.15) is 0 Å².